The summed E-state index contributed by atoms with van der Waals surface area (Å²) in [6.45, 7) is 0. The summed E-state index contributed by atoms with van der Waals surface area (Å²) < 4.78 is 1.35. The molecule has 0 saturated heterocycles. The van der Waals surface area contributed by atoms with Gasteiger partial charge in [-0.05, 0) is 50.6 Å². The van der Waals surface area contributed by atoms with E-state index in [2.05, 4.69) is 22.6 Å². The molecule has 0 radical (unpaired) electrons. The summed E-state index contributed by atoms with van der Waals surface area (Å²) in [6, 6.07) is 9.87. The monoisotopic (exact) mass is 320 g/mol. The molecule has 0 atom stereocenters. The highest BCUT2D eigenvalue weighted by Crippen LogP contribution is 2.25. The van der Waals surface area contributed by atoms with Gasteiger partial charge < -0.3 is 0 Å². The van der Waals surface area contributed by atoms with E-state index in [0.29, 0.717) is 0 Å². The van der Waals surface area contributed by atoms with Gasteiger partial charge in [0, 0.05) is 14.5 Å². The molecule has 66 valence electrons. The predicted molar refractivity (Wildman–Crippen MR) is 66.6 cm³/mol. The predicted octanol–water partition coefficient (Wildman–Crippen LogP) is 3.44. The van der Waals surface area contributed by atoms with Crippen molar-refractivity contribution < 1.29 is 0 Å². The molecule has 1 heterocycles. The maximum absolute atomic E-state index is 11.0. The Bertz CT molecular complexity index is 455. The number of hydrogen-bond donors (Lipinski definition) is 0. The van der Waals surface area contributed by atoms with Crippen LogP contribution in [0, 0.1) is 3.57 Å². The second-order valence-corrected chi connectivity index (χ2v) is 5.92. The van der Waals surface area contributed by atoms with Crippen LogP contribution in [0.2, 0.25) is 0 Å². The summed E-state index contributed by atoms with van der Waals surface area (Å²) in [4.78, 5) is 12.0. The van der Waals surface area contributed by atoms with Gasteiger partial charge in [-0.15, -0.1) is 0 Å². The molecule has 0 saturated carbocycles. The first-order valence-electron chi connectivity index (χ1n) is 3.62. The minimum Gasteiger partial charge on any atom is -0.277 e. The Kier molecular flexibility index (Phi) is 2.80. The van der Waals surface area contributed by atoms with Gasteiger partial charge in [0.15, 0.2) is 0 Å². The van der Waals surface area contributed by atoms with Gasteiger partial charge >= 0.3 is 0 Å². The average Bonchev–Trinajstić information content (AvgIpc) is 2.53. The second kappa shape index (κ2) is 3.89. The Morgan fingerprint density at radius 1 is 1.08 bits per heavy atom. The third kappa shape index (κ3) is 2.18. The molecule has 13 heavy (non-hydrogen) atoms. The van der Waals surface area contributed by atoms with Gasteiger partial charge in [-0.1, -0.05) is 22.5 Å². The minimum atomic E-state index is 0.138. The zero-order valence-corrected chi connectivity index (χ0v) is 10.3. The minimum absolute atomic E-state index is 0.138. The van der Waals surface area contributed by atoms with Gasteiger partial charge in [-0.25, -0.2) is 0 Å². The average molecular weight is 320 g/mol. The zero-order chi connectivity index (χ0) is 9.26. The van der Waals surface area contributed by atoms with Crippen molar-refractivity contribution in [3.8, 4) is 10.4 Å². The maximum atomic E-state index is 11.0. The fourth-order valence-electron chi connectivity index (χ4n) is 0.987. The lowest BCUT2D eigenvalue weighted by molar-refractivity contribution is 1.64. The Labute approximate surface area is 96.6 Å². The Morgan fingerprint density at radius 2 is 1.77 bits per heavy atom. The number of hydrogen-bond acceptors (Lipinski definition) is 3. The van der Waals surface area contributed by atoms with Crippen LogP contribution in [0.4, 0.5) is 0 Å². The molecule has 0 aliphatic heterocycles. The van der Waals surface area contributed by atoms with Crippen molar-refractivity contribution in [2.75, 3.05) is 0 Å². The van der Waals surface area contributed by atoms with Gasteiger partial charge in [0.25, 0.3) is 0 Å². The third-order valence-corrected chi connectivity index (χ3v) is 4.49. The Morgan fingerprint density at radius 3 is 2.31 bits per heavy atom. The van der Waals surface area contributed by atoms with Crippen LogP contribution in [-0.2, 0) is 0 Å². The van der Waals surface area contributed by atoms with Gasteiger partial charge in [0.2, 0.25) is 4.74 Å². The SMILES string of the molecule is O=c1cc(-c2ccc(I)cc2)ss1. The number of halogens is 1. The molecule has 0 bridgehead atoms. The van der Waals surface area contributed by atoms with Crippen LogP contribution in [0.15, 0.2) is 35.1 Å². The van der Waals surface area contributed by atoms with Crippen LogP contribution in [0.3, 0.4) is 0 Å². The van der Waals surface area contributed by atoms with E-state index >= 15 is 0 Å². The van der Waals surface area contributed by atoms with E-state index in [4.69, 9.17) is 0 Å². The molecule has 1 aromatic heterocycles. The van der Waals surface area contributed by atoms with Gasteiger partial charge in [0.1, 0.15) is 0 Å². The number of benzene rings is 1. The van der Waals surface area contributed by atoms with Crippen LogP contribution >= 0.6 is 43.3 Å². The molecule has 2 aromatic rings. The van der Waals surface area contributed by atoms with Crippen LogP contribution < -0.4 is 4.74 Å². The van der Waals surface area contributed by atoms with Gasteiger partial charge in [-0.3, -0.25) is 4.79 Å². The van der Waals surface area contributed by atoms with Gasteiger partial charge in [-0.2, -0.15) is 0 Å². The fourth-order valence-corrected chi connectivity index (χ4v) is 3.24. The van der Waals surface area contributed by atoms with E-state index in [1.807, 2.05) is 24.3 Å². The molecule has 1 aromatic carbocycles. The quantitative estimate of drug-likeness (QED) is 0.581. The molecular formula is C9H5IOS2. The van der Waals surface area contributed by atoms with Crippen molar-refractivity contribution in [1.82, 2.24) is 0 Å². The lowest BCUT2D eigenvalue weighted by Crippen LogP contribution is -1.82. The Balaban J connectivity index is 2.47. The lowest BCUT2D eigenvalue weighted by atomic mass is 10.2. The summed E-state index contributed by atoms with van der Waals surface area (Å²) in [5.74, 6) is 0. The molecule has 0 aliphatic rings. The second-order valence-electron chi connectivity index (χ2n) is 2.50. The van der Waals surface area contributed by atoms with Crippen LogP contribution in [0.5, 0.6) is 0 Å². The summed E-state index contributed by atoms with van der Waals surface area (Å²) in [6.07, 6.45) is 0. The van der Waals surface area contributed by atoms with Gasteiger partial charge in [0.05, 0.1) is 0 Å². The maximum Gasteiger partial charge on any atom is 0.243 e. The first kappa shape index (κ1) is 9.36. The lowest BCUT2D eigenvalue weighted by Gasteiger charge is -1.95. The van der Waals surface area contributed by atoms with E-state index in [1.165, 1.54) is 24.3 Å². The van der Waals surface area contributed by atoms with E-state index < -0.39 is 0 Å². The van der Waals surface area contributed by atoms with Crippen molar-refractivity contribution in [1.29, 1.82) is 0 Å². The normalized spacial score (nSPS) is 10.2. The first-order valence-corrected chi connectivity index (χ1v) is 6.85. The van der Waals surface area contributed by atoms with Crippen molar-refractivity contribution in [3.63, 3.8) is 0 Å². The van der Waals surface area contributed by atoms with E-state index in [-0.39, 0.29) is 4.74 Å². The molecular weight excluding hydrogens is 315 g/mol. The smallest absolute Gasteiger partial charge is 0.243 e. The van der Waals surface area contributed by atoms with Crippen molar-refractivity contribution in [3.05, 3.63) is 43.4 Å². The summed E-state index contributed by atoms with van der Waals surface area (Å²) in [5, 5.41) is 0. The summed E-state index contributed by atoms with van der Waals surface area (Å²) in [7, 11) is 2.82. The molecule has 0 fully saturated rings. The van der Waals surface area contributed by atoms with E-state index in [9.17, 15) is 4.79 Å². The van der Waals surface area contributed by atoms with Crippen LogP contribution in [0.25, 0.3) is 10.4 Å². The van der Waals surface area contributed by atoms with Crippen molar-refractivity contribution in [2.45, 2.75) is 0 Å². The molecule has 2 rings (SSSR count). The van der Waals surface area contributed by atoms with E-state index in [1.54, 1.807) is 6.07 Å². The Hall–Kier alpha value is -0.200. The molecule has 0 spiro atoms. The van der Waals surface area contributed by atoms with E-state index in [0.717, 1.165) is 10.4 Å². The molecule has 0 aliphatic carbocycles. The number of rotatable bonds is 1. The largest absolute Gasteiger partial charge is 0.277 e. The fraction of sp³-hybridized carbons (Fsp3) is 0. The van der Waals surface area contributed by atoms with Crippen molar-refractivity contribution in [2.24, 2.45) is 0 Å². The summed E-state index contributed by atoms with van der Waals surface area (Å²) >= 11 is 2.27. The molecule has 4 heteroatoms. The first-order chi connectivity index (χ1) is 6.25. The topological polar surface area (TPSA) is 17.1 Å². The van der Waals surface area contributed by atoms with Crippen LogP contribution in [0.1, 0.15) is 0 Å². The standard InChI is InChI=1S/C9H5IOS2/c10-7-3-1-6(2-4-7)8-5-9(11)13-12-8/h1-5H. The highest BCUT2D eigenvalue weighted by molar-refractivity contribution is 14.1. The van der Waals surface area contributed by atoms with Crippen molar-refractivity contribution >= 4 is 43.3 Å². The highest BCUT2D eigenvalue weighted by atomic mass is 127. The summed E-state index contributed by atoms with van der Waals surface area (Å²) in [5.41, 5.74) is 1.13. The highest BCUT2D eigenvalue weighted by Gasteiger charge is 2.00. The van der Waals surface area contributed by atoms with Crippen LogP contribution in [-0.4, -0.2) is 0 Å². The molecule has 0 N–H and O–H groups in total. The molecule has 1 nitrogen and oxygen atoms in total. The molecule has 0 amide bonds. The zero-order valence-electron chi connectivity index (χ0n) is 6.49. The third-order valence-electron chi connectivity index (χ3n) is 1.59. The molecule has 0 unspecified atom stereocenters.